The van der Waals surface area contributed by atoms with Crippen LogP contribution in [0.5, 0.6) is 0 Å². The van der Waals surface area contributed by atoms with Gasteiger partial charge in [-0.15, -0.1) is 0 Å². The Morgan fingerprint density at radius 2 is 2.15 bits per heavy atom. The van der Waals surface area contributed by atoms with E-state index < -0.39 is 6.09 Å². The molecule has 0 aliphatic carbocycles. The lowest BCUT2D eigenvalue weighted by Crippen LogP contribution is -2.49. The lowest BCUT2D eigenvalue weighted by Gasteiger charge is -2.33. The maximum absolute atomic E-state index is 10.9. The monoisotopic (exact) mass is 277 g/mol. The van der Waals surface area contributed by atoms with E-state index in [0.717, 1.165) is 30.3 Å². The topological polar surface area (TPSA) is 81.6 Å². The second-order valence-corrected chi connectivity index (χ2v) is 5.37. The molecule has 7 heteroatoms. The van der Waals surface area contributed by atoms with E-state index in [1.54, 1.807) is 0 Å². The molecule has 1 unspecified atom stereocenters. The molecule has 0 aromatic carbocycles. The van der Waals surface area contributed by atoms with Crippen molar-refractivity contribution < 1.29 is 9.90 Å². The Balaban J connectivity index is 1.75. The molecule has 2 N–H and O–H groups in total. The lowest BCUT2D eigenvalue weighted by molar-refractivity contribution is 0.142. The van der Waals surface area contributed by atoms with Crippen molar-refractivity contribution in [2.24, 2.45) is 0 Å². The van der Waals surface area contributed by atoms with Gasteiger partial charge < -0.3 is 20.2 Å². The minimum absolute atomic E-state index is 0.390. The Morgan fingerprint density at radius 1 is 1.40 bits per heavy atom. The molecular formula is C13H19N5O2. The standard InChI is InChI=1S/C13H19N5O2/c1-9-6-14-7-10-8-15-12(16-11(9)10)17-2-4-18(5-3-17)13(19)20/h8-9,14H,2-7H2,1H3,(H,19,20). The summed E-state index contributed by atoms with van der Waals surface area (Å²) in [4.78, 5) is 23.5. The van der Waals surface area contributed by atoms with Gasteiger partial charge in [0.2, 0.25) is 5.95 Å². The number of nitrogens with one attached hydrogen (secondary N) is 1. The minimum atomic E-state index is -0.851. The fourth-order valence-corrected chi connectivity index (χ4v) is 2.74. The van der Waals surface area contributed by atoms with Crippen molar-refractivity contribution in [3.05, 3.63) is 17.5 Å². The third-order valence-corrected chi connectivity index (χ3v) is 3.95. The van der Waals surface area contributed by atoms with E-state index in [0.29, 0.717) is 32.1 Å². The number of piperazine rings is 1. The summed E-state index contributed by atoms with van der Waals surface area (Å²) < 4.78 is 0. The summed E-state index contributed by atoms with van der Waals surface area (Å²) in [5, 5.41) is 12.3. The van der Waals surface area contributed by atoms with Crippen LogP contribution in [0, 0.1) is 0 Å². The number of anilines is 1. The van der Waals surface area contributed by atoms with Gasteiger partial charge in [-0.2, -0.15) is 0 Å². The van der Waals surface area contributed by atoms with Crippen LogP contribution in [0.15, 0.2) is 6.20 Å². The van der Waals surface area contributed by atoms with Gasteiger partial charge in [0, 0.05) is 56.9 Å². The zero-order valence-corrected chi connectivity index (χ0v) is 11.5. The van der Waals surface area contributed by atoms with Gasteiger partial charge in [-0.1, -0.05) is 6.92 Å². The summed E-state index contributed by atoms with van der Waals surface area (Å²) in [5.74, 6) is 1.11. The number of rotatable bonds is 1. The highest BCUT2D eigenvalue weighted by molar-refractivity contribution is 5.65. The summed E-state index contributed by atoms with van der Waals surface area (Å²) in [6.45, 7) is 6.24. The first-order valence-corrected chi connectivity index (χ1v) is 6.94. The van der Waals surface area contributed by atoms with Gasteiger partial charge in [-0.25, -0.2) is 14.8 Å². The van der Waals surface area contributed by atoms with Crippen molar-refractivity contribution in [1.29, 1.82) is 0 Å². The number of fused-ring (bicyclic) bond motifs is 1. The quantitative estimate of drug-likeness (QED) is 0.777. The molecule has 1 atom stereocenters. The van der Waals surface area contributed by atoms with Gasteiger partial charge >= 0.3 is 6.09 Å². The van der Waals surface area contributed by atoms with Crippen molar-refractivity contribution in [2.45, 2.75) is 19.4 Å². The molecular weight excluding hydrogens is 258 g/mol. The van der Waals surface area contributed by atoms with Crippen LogP contribution in [0.25, 0.3) is 0 Å². The van der Waals surface area contributed by atoms with Crippen LogP contribution in [0.4, 0.5) is 10.7 Å². The summed E-state index contributed by atoms with van der Waals surface area (Å²) >= 11 is 0. The Bertz CT molecular complexity index is 513. The molecule has 108 valence electrons. The van der Waals surface area contributed by atoms with Crippen LogP contribution >= 0.6 is 0 Å². The highest BCUT2D eigenvalue weighted by Gasteiger charge is 2.24. The van der Waals surface area contributed by atoms with Gasteiger partial charge in [0.05, 0.1) is 5.69 Å². The van der Waals surface area contributed by atoms with Gasteiger partial charge in [-0.3, -0.25) is 0 Å². The molecule has 20 heavy (non-hydrogen) atoms. The van der Waals surface area contributed by atoms with Crippen LogP contribution in [0.3, 0.4) is 0 Å². The maximum atomic E-state index is 10.9. The molecule has 1 saturated heterocycles. The van der Waals surface area contributed by atoms with E-state index in [-0.39, 0.29) is 0 Å². The number of carboxylic acid groups (broad SMARTS) is 1. The van der Waals surface area contributed by atoms with Crippen molar-refractivity contribution in [2.75, 3.05) is 37.6 Å². The third kappa shape index (κ3) is 2.40. The Kier molecular flexibility index (Phi) is 3.43. The third-order valence-electron chi connectivity index (χ3n) is 3.95. The van der Waals surface area contributed by atoms with Crippen molar-refractivity contribution in [3.63, 3.8) is 0 Å². The molecule has 1 aromatic rings. The summed E-state index contributed by atoms with van der Waals surface area (Å²) in [6.07, 6.45) is 1.04. The summed E-state index contributed by atoms with van der Waals surface area (Å²) in [7, 11) is 0. The minimum Gasteiger partial charge on any atom is -0.465 e. The summed E-state index contributed by atoms with van der Waals surface area (Å²) in [6, 6.07) is 0. The molecule has 0 radical (unpaired) electrons. The molecule has 0 saturated carbocycles. The normalized spacial score (nSPS) is 22.6. The number of hydrogen-bond donors (Lipinski definition) is 2. The smallest absolute Gasteiger partial charge is 0.407 e. The number of carbonyl (C=O) groups is 1. The molecule has 1 aromatic heterocycles. The van der Waals surface area contributed by atoms with E-state index in [4.69, 9.17) is 10.1 Å². The average Bonchev–Trinajstić information content (AvgIpc) is 2.47. The van der Waals surface area contributed by atoms with E-state index >= 15 is 0 Å². The number of aromatic nitrogens is 2. The second-order valence-electron chi connectivity index (χ2n) is 5.37. The zero-order chi connectivity index (χ0) is 14.1. The van der Waals surface area contributed by atoms with Crippen LogP contribution in [-0.4, -0.2) is 58.8 Å². The van der Waals surface area contributed by atoms with Crippen molar-refractivity contribution in [3.8, 4) is 0 Å². The Labute approximate surface area is 117 Å². The highest BCUT2D eigenvalue weighted by atomic mass is 16.4. The van der Waals surface area contributed by atoms with Gasteiger partial charge in [-0.05, 0) is 0 Å². The molecule has 0 spiro atoms. The molecule has 7 nitrogen and oxygen atoms in total. The number of amides is 1. The van der Waals surface area contributed by atoms with E-state index in [2.05, 4.69) is 22.1 Å². The maximum Gasteiger partial charge on any atom is 0.407 e. The summed E-state index contributed by atoms with van der Waals surface area (Å²) in [5.41, 5.74) is 2.28. The fraction of sp³-hybridized carbons (Fsp3) is 0.615. The molecule has 1 fully saturated rings. The fourth-order valence-electron chi connectivity index (χ4n) is 2.74. The van der Waals surface area contributed by atoms with Crippen molar-refractivity contribution in [1.82, 2.24) is 20.2 Å². The van der Waals surface area contributed by atoms with Crippen LogP contribution in [0.2, 0.25) is 0 Å². The molecule has 0 bridgehead atoms. The lowest BCUT2D eigenvalue weighted by atomic mass is 9.99. The van der Waals surface area contributed by atoms with Gasteiger partial charge in [0.1, 0.15) is 0 Å². The first-order chi connectivity index (χ1) is 9.65. The number of nitrogens with zero attached hydrogens (tertiary/aromatic N) is 4. The highest BCUT2D eigenvalue weighted by Crippen LogP contribution is 2.23. The van der Waals surface area contributed by atoms with Gasteiger partial charge in [0.15, 0.2) is 0 Å². The predicted molar refractivity (Wildman–Crippen MR) is 74.0 cm³/mol. The largest absolute Gasteiger partial charge is 0.465 e. The van der Waals surface area contributed by atoms with Gasteiger partial charge in [0.25, 0.3) is 0 Å². The second kappa shape index (κ2) is 5.24. The van der Waals surface area contributed by atoms with E-state index in [9.17, 15) is 4.79 Å². The predicted octanol–water partition coefficient (Wildman–Crippen LogP) is 0.483. The first kappa shape index (κ1) is 13.1. The first-order valence-electron chi connectivity index (χ1n) is 6.94. The van der Waals surface area contributed by atoms with Crippen LogP contribution in [-0.2, 0) is 6.54 Å². The average molecular weight is 277 g/mol. The van der Waals surface area contributed by atoms with Crippen LogP contribution in [0.1, 0.15) is 24.1 Å². The molecule has 2 aliphatic rings. The molecule has 2 aliphatic heterocycles. The van der Waals surface area contributed by atoms with E-state index in [1.165, 1.54) is 4.90 Å². The molecule has 3 rings (SSSR count). The Morgan fingerprint density at radius 3 is 2.85 bits per heavy atom. The zero-order valence-electron chi connectivity index (χ0n) is 11.5. The van der Waals surface area contributed by atoms with E-state index in [1.807, 2.05) is 6.20 Å². The Hall–Kier alpha value is -1.89. The molecule has 3 heterocycles. The SMILES string of the molecule is CC1CNCc2cnc(N3CCN(C(=O)O)CC3)nc21. The van der Waals surface area contributed by atoms with Crippen LogP contribution < -0.4 is 10.2 Å². The number of hydrogen-bond acceptors (Lipinski definition) is 5. The molecule has 1 amide bonds. The van der Waals surface area contributed by atoms with Crippen molar-refractivity contribution >= 4 is 12.0 Å².